The fourth-order valence-electron chi connectivity index (χ4n) is 2.73. The molecular formula is C20H20FN3O. The van der Waals surface area contributed by atoms with Crippen molar-refractivity contribution in [2.75, 3.05) is 7.05 Å². The maximum Gasteiger partial charge on any atom is 0.272 e. The second-order valence-corrected chi connectivity index (χ2v) is 6.09. The normalized spacial score (nSPS) is 12.2. The van der Waals surface area contributed by atoms with Gasteiger partial charge in [0.15, 0.2) is 0 Å². The van der Waals surface area contributed by atoms with E-state index in [4.69, 9.17) is 0 Å². The summed E-state index contributed by atoms with van der Waals surface area (Å²) in [6.45, 7) is 4.01. The van der Waals surface area contributed by atoms with Gasteiger partial charge in [-0.1, -0.05) is 31.2 Å². The first-order chi connectivity index (χ1) is 12.0. The van der Waals surface area contributed by atoms with Crippen LogP contribution in [0.1, 0.15) is 30.8 Å². The summed E-state index contributed by atoms with van der Waals surface area (Å²) in [5.74, 6) is -0.773. The average Bonchev–Trinajstić information content (AvgIpc) is 2.65. The maximum atomic E-state index is 14.2. The highest BCUT2D eigenvalue weighted by Crippen LogP contribution is 2.29. The van der Waals surface area contributed by atoms with Gasteiger partial charge in [-0.15, -0.1) is 0 Å². The van der Waals surface area contributed by atoms with Crippen LogP contribution >= 0.6 is 0 Å². The number of hydrogen-bond acceptors (Lipinski definition) is 3. The van der Waals surface area contributed by atoms with Gasteiger partial charge >= 0.3 is 0 Å². The quantitative estimate of drug-likeness (QED) is 0.667. The lowest BCUT2D eigenvalue weighted by Gasteiger charge is -2.23. The molecule has 1 aromatic carbocycles. The number of amides is 1. The molecule has 1 amide bonds. The van der Waals surface area contributed by atoms with Crippen LogP contribution in [0, 0.1) is 5.95 Å². The Morgan fingerprint density at radius 2 is 2.00 bits per heavy atom. The summed E-state index contributed by atoms with van der Waals surface area (Å²) in [7, 11) is 1.76. The highest BCUT2D eigenvalue weighted by molar-refractivity contribution is 6.01. The summed E-state index contributed by atoms with van der Waals surface area (Å²) in [5, 5.41) is 1.63. The van der Waals surface area contributed by atoms with Gasteiger partial charge in [-0.2, -0.15) is 4.39 Å². The molecular weight excluding hydrogens is 317 g/mol. The first-order valence-corrected chi connectivity index (χ1v) is 8.30. The molecule has 4 nitrogen and oxygen atoms in total. The average molecular weight is 337 g/mol. The van der Waals surface area contributed by atoms with E-state index < -0.39 is 5.95 Å². The van der Waals surface area contributed by atoms with Crippen molar-refractivity contribution in [2.45, 2.75) is 26.3 Å². The molecule has 2 aromatic heterocycles. The number of carbonyl (C=O) groups excluding carboxylic acids is 1. The van der Waals surface area contributed by atoms with Crippen LogP contribution in [0.2, 0.25) is 0 Å². The number of aromatic nitrogens is 2. The van der Waals surface area contributed by atoms with Gasteiger partial charge in [0.2, 0.25) is 5.95 Å². The molecule has 2 heterocycles. The summed E-state index contributed by atoms with van der Waals surface area (Å²) in [4.78, 5) is 22.7. The van der Waals surface area contributed by atoms with Crippen molar-refractivity contribution in [3.63, 3.8) is 0 Å². The van der Waals surface area contributed by atoms with E-state index in [9.17, 15) is 9.18 Å². The van der Waals surface area contributed by atoms with Gasteiger partial charge in [0.1, 0.15) is 5.69 Å². The molecule has 1 unspecified atom stereocenters. The molecule has 0 aliphatic heterocycles. The van der Waals surface area contributed by atoms with Crippen LogP contribution < -0.4 is 0 Å². The summed E-state index contributed by atoms with van der Waals surface area (Å²) in [6, 6.07) is 12.7. The predicted molar refractivity (Wildman–Crippen MR) is 96.8 cm³/mol. The number of rotatable bonds is 4. The molecule has 0 spiro atoms. The minimum absolute atomic E-state index is 0.0966. The van der Waals surface area contributed by atoms with Crippen LogP contribution in [0.25, 0.3) is 22.0 Å². The lowest BCUT2D eigenvalue weighted by molar-refractivity contribution is 0.0735. The summed E-state index contributed by atoms with van der Waals surface area (Å²) < 4.78 is 14.2. The van der Waals surface area contributed by atoms with Crippen LogP contribution in [0.5, 0.6) is 0 Å². The number of hydrogen-bond donors (Lipinski definition) is 0. The number of nitrogens with zero attached hydrogens (tertiary/aromatic N) is 3. The fraction of sp³-hybridized carbons (Fsp3) is 0.250. The van der Waals surface area contributed by atoms with Crippen molar-refractivity contribution in [3.8, 4) is 11.3 Å². The number of carbonyl (C=O) groups is 1. The zero-order valence-corrected chi connectivity index (χ0v) is 14.5. The maximum absolute atomic E-state index is 14.2. The Bertz CT molecular complexity index is 926. The lowest BCUT2D eigenvalue weighted by atomic mass is 10.0. The number of halogens is 1. The second kappa shape index (κ2) is 6.97. The Balaban J connectivity index is 2.20. The van der Waals surface area contributed by atoms with Gasteiger partial charge in [0.25, 0.3) is 5.91 Å². The molecule has 1 atom stereocenters. The van der Waals surface area contributed by atoms with E-state index >= 15 is 0 Å². The van der Waals surface area contributed by atoms with Gasteiger partial charge in [-0.05, 0) is 36.9 Å². The van der Waals surface area contributed by atoms with Crippen LogP contribution in [0.3, 0.4) is 0 Å². The number of pyridine rings is 2. The third kappa shape index (κ3) is 3.22. The van der Waals surface area contributed by atoms with Gasteiger partial charge < -0.3 is 4.90 Å². The number of fused-ring (bicyclic) bond motifs is 1. The van der Waals surface area contributed by atoms with E-state index in [2.05, 4.69) is 9.97 Å². The highest BCUT2D eigenvalue weighted by Gasteiger charge is 2.20. The Hall–Kier alpha value is -2.82. The van der Waals surface area contributed by atoms with Gasteiger partial charge in [-0.3, -0.25) is 4.79 Å². The smallest absolute Gasteiger partial charge is 0.272 e. The summed E-state index contributed by atoms with van der Waals surface area (Å²) in [5.41, 5.74) is 1.03. The van der Waals surface area contributed by atoms with Gasteiger partial charge in [-0.25, -0.2) is 9.97 Å². The second-order valence-electron chi connectivity index (χ2n) is 6.09. The van der Waals surface area contributed by atoms with Crippen molar-refractivity contribution in [1.82, 2.24) is 14.9 Å². The first-order valence-electron chi connectivity index (χ1n) is 8.30. The van der Waals surface area contributed by atoms with Crippen LogP contribution in [0.4, 0.5) is 4.39 Å². The lowest BCUT2D eigenvalue weighted by Crippen LogP contribution is -2.35. The monoisotopic (exact) mass is 337 g/mol. The molecule has 25 heavy (non-hydrogen) atoms. The van der Waals surface area contributed by atoms with Gasteiger partial charge in [0.05, 0.1) is 11.3 Å². The first kappa shape index (κ1) is 17.0. The van der Waals surface area contributed by atoms with Crippen LogP contribution in [-0.4, -0.2) is 33.9 Å². The third-order valence-corrected chi connectivity index (χ3v) is 4.55. The van der Waals surface area contributed by atoms with Crippen molar-refractivity contribution in [3.05, 3.63) is 60.3 Å². The SMILES string of the molecule is CCC(C)N(C)C(=O)c1cc2ccccc2c(-c2cccnc2F)n1. The van der Waals surface area contributed by atoms with E-state index in [1.807, 2.05) is 38.1 Å². The number of benzene rings is 1. The topological polar surface area (TPSA) is 46.1 Å². The molecule has 128 valence electrons. The Morgan fingerprint density at radius 1 is 1.24 bits per heavy atom. The van der Waals surface area contributed by atoms with E-state index in [1.165, 1.54) is 6.20 Å². The molecule has 0 saturated heterocycles. The molecule has 0 fully saturated rings. The molecule has 3 rings (SSSR count). The van der Waals surface area contributed by atoms with E-state index in [1.54, 1.807) is 30.1 Å². The minimum Gasteiger partial charge on any atom is -0.338 e. The third-order valence-electron chi connectivity index (χ3n) is 4.55. The zero-order chi connectivity index (χ0) is 18.0. The Morgan fingerprint density at radius 3 is 2.72 bits per heavy atom. The molecule has 0 aliphatic rings. The summed E-state index contributed by atoms with van der Waals surface area (Å²) >= 11 is 0. The molecule has 3 aromatic rings. The molecule has 0 bridgehead atoms. The van der Waals surface area contributed by atoms with Crippen LogP contribution in [-0.2, 0) is 0 Å². The largest absolute Gasteiger partial charge is 0.338 e. The van der Waals surface area contributed by atoms with E-state index in [0.717, 1.165) is 17.2 Å². The van der Waals surface area contributed by atoms with E-state index in [0.29, 0.717) is 17.0 Å². The standard InChI is InChI=1S/C20H20FN3O/c1-4-13(2)24(3)20(25)17-12-14-8-5-6-9-15(14)18(23-17)16-10-7-11-22-19(16)21/h5-13H,4H2,1-3H3. The van der Waals surface area contributed by atoms with Crippen molar-refractivity contribution in [1.29, 1.82) is 0 Å². The molecule has 0 N–H and O–H groups in total. The van der Waals surface area contributed by atoms with Crippen LogP contribution in [0.15, 0.2) is 48.7 Å². The molecule has 0 saturated carbocycles. The summed E-state index contributed by atoms with van der Waals surface area (Å²) in [6.07, 6.45) is 2.24. The fourth-order valence-corrected chi connectivity index (χ4v) is 2.73. The van der Waals surface area contributed by atoms with Crippen molar-refractivity contribution < 1.29 is 9.18 Å². The van der Waals surface area contributed by atoms with E-state index in [-0.39, 0.29) is 11.9 Å². The Labute approximate surface area is 146 Å². The molecule has 5 heteroatoms. The van der Waals surface area contributed by atoms with Gasteiger partial charge in [0, 0.05) is 24.7 Å². The van der Waals surface area contributed by atoms with Crippen molar-refractivity contribution in [2.24, 2.45) is 0 Å². The Kier molecular flexibility index (Phi) is 4.74. The van der Waals surface area contributed by atoms with Crippen molar-refractivity contribution >= 4 is 16.7 Å². The zero-order valence-electron chi connectivity index (χ0n) is 14.5. The minimum atomic E-state index is -0.597. The molecule has 0 radical (unpaired) electrons. The highest BCUT2D eigenvalue weighted by atomic mass is 19.1. The molecule has 0 aliphatic carbocycles. The predicted octanol–water partition coefficient (Wildman–Crippen LogP) is 4.31.